The SMILES string of the molecule is O=C(COC(=O)c1ccc2c(c1)C(=O)N(Cc1ccco1)C2=O)Nc1cccnc1Cl. The zero-order valence-corrected chi connectivity index (χ0v) is 16.6. The summed E-state index contributed by atoms with van der Waals surface area (Å²) in [5, 5.41) is 2.57. The first-order valence-electron chi connectivity index (χ1n) is 9.04. The van der Waals surface area contributed by atoms with E-state index in [-0.39, 0.29) is 34.1 Å². The number of esters is 1. The number of hydrogen-bond acceptors (Lipinski definition) is 7. The van der Waals surface area contributed by atoms with Crippen LogP contribution in [-0.2, 0) is 16.1 Å². The Morgan fingerprint density at radius 2 is 1.90 bits per heavy atom. The number of fused-ring (bicyclic) bond motifs is 1. The predicted octanol–water partition coefficient (Wildman–Crippen LogP) is 2.92. The van der Waals surface area contributed by atoms with E-state index in [2.05, 4.69) is 10.3 Å². The maximum absolute atomic E-state index is 12.6. The number of amides is 3. The zero-order valence-electron chi connectivity index (χ0n) is 15.8. The number of aromatic nitrogens is 1. The van der Waals surface area contributed by atoms with E-state index in [4.69, 9.17) is 20.8 Å². The molecule has 1 N–H and O–H groups in total. The molecule has 3 heterocycles. The molecule has 3 aromatic rings. The highest BCUT2D eigenvalue weighted by Gasteiger charge is 2.36. The van der Waals surface area contributed by atoms with Crippen molar-refractivity contribution in [3.63, 3.8) is 0 Å². The van der Waals surface area contributed by atoms with Crippen molar-refractivity contribution in [2.24, 2.45) is 0 Å². The summed E-state index contributed by atoms with van der Waals surface area (Å²) in [6.07, 6.45) is 2.91. The molecule has 0 unspecified atom stereocenters. The minimum absolute atomic E-state index is 0.0177. The van der Waals surface area contributed by atoms with Crippen molar-refractivity contribution in [3.05, 3.63) is 82.5 Å². The molecule has 1 aromatic carbocycles. The summed E-state index contributed by atoms with van der Waals surface area (Å²) in [5.74, 6) is -2.01. The van der Waals surface area contributed by atoms with E-state index < -0.39 is 30.3 Å². The molecule has 10 heteroatoms. The molecule has 3 amide bonds. The smallest absolute Gasteiger partial charge is 0.338 e. The number of hydrogen-bond donors (Lipinski definition) is 1. The molecule has 0 fully saturated rings. The van der Waals surface area contributed by atoms with Gasteiger partial charge in [0.15, 0.2) is 11.8 Å². The number of anilines is 1. The van der Waals surface area contributed by atoms with Crippen molar-refractivity contribution >= 4 is 41.0 Å². The number of halogens is 1. The zero-order chi connectivity index (χ0) is 22.0. The van der Waals surface area contributed by atoms with Crippen LogP contribution in [0, 0.1) is 0 Å². The predicted molar refractivity (Wildman–Crippen MR) is 108 cm³/mol. The maximum Gasteiger partial charge on any atom is 0.338 e. The monoisotopic (exact) mass is 439 g/mol. The third-order valence-electron chi connectivity index (χ3n) is 4.47. The average Bonchev–Trinajstić information content (AvgIpc) is 3.36. The first kappa shape index (κ1) is 20.3. The van der Waals surface area contributed by atoms with E-state index in [0.29, 0.717) is 5.76 Å². The molecule has 2 aromatic heterocycles. The van der Waals surface area contributed by atoms with Crippen molar-refractivity contribution in [3.8, 4) is 0 Å². The van der Waals surface area contributed by atoms with Gasteiger partial charge in [0.2, 0.25) is 0 Å². The molecule has 0 saturated carbocycles. The van der Waals surface area contributed by atoms with E-state index in [9.17, 15) is 19.2 Å². The highest BCUT2D eigenvalue weighted by Crippen LogP contribution is 2.26. The molecule has 1 aliphatic heterocycles. The second-order valence-corrected chi connectivity index (χ2v) is 6.86. The Kier molecular flexibility index (Phi) is 5.50. The van der Waals surface area contributed by atoms with Crippen LogP contribution in [0.25, 0.3) is 0 Å². The fraction of sp³-hybridized carbons (Fsp3) is 0.0952. The van der Waals surface area contributed by atoms with Crippen molar-refractivity contribution < 1.29 is 28.3 Å². The van der Waals surface area contributed by atoms with Crippen LogP contribution in [0.5, 0.6) is 0 Å². The van der Waals surface area contributed by atoms with Crippen LogP contribution in [0.3, 0.4) is 0 Å². The lowest BCUT2D eigenvalue weighted by molar-refractivity contribution is -0.119. The second kappa shape index (κ2) is 8.41. The number of benzene rings is 1. The summed E-state index contributed by atoms with van der Waals surface area (Å²) in [6.45, 7) is -0.588. The first-order chi connectivity index (χ1) is 14.9. The van der Waals surface area contributed by atoms with Crippen molar-refractivity contribution in [1.29, 1.82) is 0 Å². The number of carbonyl (C=O) groups excluding carboxylic acids is 4. The lowest BCUT2D eigenvalue weighted by Crippen LogP contribution is -2.28. The van der Waals surface area contributed by atoms with Crippen LogP contribution in [-0.4, -0.2) is 40.2 Å². The van der Waals surface area contributed by atoms with Gasteiger partial charge in [-0.3, -0.25) is 19.3 Å². The summed E-state index contributed by atoms with van der Waals surface area (Å²) in [4.78, 5) is 54.3. The lowest BCUT2D eigenvalue weighted by Gasteiger charge is -2.11. The molecule has 9 nitrogen and oxygen atoms in total. The summed E-state index contributed by atoms with van der Waals surface area (Å²) in [7, 11) is 0. The lowest BCUT2D eigenvalue weighted by atomic mass is 10.1. The van der Waals surface area contributed by atoms with Crippen molar-refractivity contribution in [1.82, 2.24) is 9.88 Å². The van der Waals surface area contributed by atoms with E-state index in [1.807, 2.05) is 0 Å². The van der Waals surface area contributed by atoms with Gasteiger partial charge in [-0.1, -0.05) is 11.6 Å². The number of ether oxygens (including phenoxy) is 1. The number of nitrogens with one attached hydrogen (secondary N) is 1. The van der Waals surface area contributed by atoms with Crippen LogP contribution in [0.15, 0.2) is 59.3 Å². The Balaban J connectivity index is 1.41. The minimum atomic E-state index is -0.819. The molecule has 0 radical (unpaired) electrons. The molecule has 0 saturated heterocycles. The topological polar surface area (TPSA) is 119 Å². The summed E-state index contributed by atoms with van der Waals surface area (Å²) < 4.78 is 10.2. The van der Waals surface area contributed by atoms with Gasteiger partial charge in [0.1, 0.15) is 5.76 Å². The van der Waals surface area contributed by atoms with Gasteiger partial charge in [0, 0.05) is 6.20 Å². The number of carbonyl (C=O) groups is 4. The minimum Gasteiger partial charge on any atom is -0.467 e. The molecule has 4 rings (SSSR count). The fourth-order valence-corrected chi connectivity index (χ4v) is 3.17. The molecule has 31 heavy (non-hydrogen) atoms. The Bertz CT molecular complexity index is 1190. The van der Waals surface area contributed by atoms with Crippen LogP contribution >= 0.6 is 11.6 Å². The number of rotatable bonds is 6. The van der Waals surface area contributed by atoms with E-state index >= 15 is 0 Å². The van der Waals surface area contributed by atoms with Gasteiger partial charge >= 0.3 is 5.97 Å². The quantitative estimate of drug-likeness (QED) is 0.356. The average molecular weight is 440 g/mol. The van der Waals surface area contributed by atoms with Crippen molar-refractivity contribution in [2.45, 2.75) is 6.54 Å². The summed E-state index contributed by atoms with van der Waals surface area (Å²) in [5.41, 5.74) is 0.574. The van der Waals surface area contributed by atoms with Gasteiger partial charge in [-0.15, -0.1) is 0 Å². The van der Waals surface area contributed by atoms with E-state index in [0.717, 1.165) is 4.90 Å². The number of furan rings is 1. The third kappa shape index (κ3) is 4.17. The highest BCUT2D eigenvalue weighted by atomic mass is 35.5. The third-order valence-corrected chi connectivity index (χ3v) is 4.77. The molecule has 1 aliphatic rings. The van der Waals surface area contributed by atoms with Gasteiger partial charge in [-0.05, 0) is 42.5 Å². The molecule has 0 aliphatic carbocycles. The van der Waals surface area contributed by atoms with Crippen LogP contribution in [0.2, 0.25) is 5.15 Å². The largest absolute Gasteiger partial charge is 0.467 e. The van der Waals surface area contributed by atoms with Gasteiger partial charge in [0.05, 0.1) is 35.2 Å². The van der Waals surface area contributed by atoms with Crippen LogP contribution in [0.4, 0.5) is 5.69 Å². The van der Waals surface area contributed by atoms with Gasteiger partial charge in [-0.25, -0.2) is 9.78 Å². The molecule has 0 atom stereocenters. The molecule has 0 bridgehead atoms. The van der Waals surface area contributed by atoms with E-state index in [1.165, 1.54) is 30.7 Å². The van der Waals surface area contributed by atoms with Gasteiger partial charge in [0.25, 0.3) is 17.7 Å². The maximum atomic E-state index is 12.6. The standard InChI is InChI=1S/C21H14ClN3O6/c22-18-16(4-1-7-23-18)24-17(26)11-31-21(29)12-5-6-14-15(9-12)20(28)25(19(14)27)10-13-3-2-8-30-13/h1-9H,10-11H2,(H,24,26). The number of nitrogens with zero attached hydrogens (tertiary/aromatic N) is 2. The molecular weight excluding hydrogens is 426 g/mol. The van der Waals surface area contributed by atoms with Crippen molar-refractivity contribution in [2.75, 3.05) is 11.9 Å². The Labute approximate surface area is 180 Å². The fourth-order valence-electron chi connectivity index (χ4n) is 3.00. The van der Waals surface area contributed by atoms with Gasteiger partial charge in [-0.2, -0.15) is 0 Å². The molecule has 156 valence electrons. The highest BCUT2D eigenvalue weighted by molar-refractivity contribution is 6.32. The second-order valence-electron chi connectivity index (χ2n) is 6.50. The van der Waals surface area contributed by atoms with E-state index in [1.54, 1.807) is 24.3 Å². The molecule has 0 spiro atoms. The Morgan fingerprint density at radius 3 is 2.65 bits per heavy atom. The number of imide groups is 1. The first-order valence-corrected chi connectivity index (χ1v) is 9.42. The van der Waals surface area contributed by atoms with Crippen LogP contribution in [0.1, 0.15) is 36.8 Å². The normalized spacial score (nSPS) is 12.6. The Hall–Kier alpha value is -3.98. The number of pyridine rings is 1. The summed E-state index contributed by atoms with van der Waals surface area (Å²) >= 11 is 5.86. The summed E-state index contributed by atoms with van der Waals surface area (Å²) in [6, 6.07) is 10.5. The van der Waals surface area contributed by atoms with Gasteiger partial charge < -0.3 is 14.5 Å². The molecular formula is C21H14ClN3O6. The Morgan fingerprint density at radius 1 is 1.10 bits per heavy atom. The van der Waals surface area contributed by atoms with Crippen LogP contribution < -0.4 is 5.32 Å².